The highest BCUT2D eigenvalue weighted by Crippen LogP contribution is 2.38. The van der Waals surface area contributed by atoms with Gasteiger partial charge in [-0.2, -0.15) is 0 Å². The number of hydrogen-bond acceptors (Lipinski definition) is 1. The number of aromatic nitrogens is 1. The molecule has 3 N–H and O–H groups in total. The summed E-state index contributed by atoms with van der Waals surface area (Å²) in [5, 5.41) is 2.47. The molecule has 0 aliphatic carbocycles. The van der Waals surface area contributed by atoms with Crippen molar-refractivity contribution < 1.29 is 0 Å². The normalized spacial score (nSPS) is 11.3. The molecule has 120 valence electrons. The number of nitrogens with two attached hydrogens (primary N) is 1. The second-order valence-corrected chi connectivity index (χ2v) is 6.68. The van der Waals surface area contributed by atoms with Crippen LogP contribution in [0.1, 0.15) is 24.0 Å². The molecule has 3 aromatic rings. The van der Waals surface area contributed by atoms with Gasteiger partial charge in [0.15, 0.2) is 0 Å². The number of halogens is 2. The lowest BCUT2D eigenvalue weighted by molar-refractivity contribution is 0.748. The summed E-state index contributed by atoms with van der Waals surface area (Å²) in [4.78, 5) is 3.49. The Bertz CT molecular complexity index is 819. The quantitative estimate of drug-likeness (QED) is 0.569. The third kappa shape index (κ3) is 3.25. The van der Waals surface area contributed by atoms with Crippen molar-refractivity contribution in [1.82, 2.24) is 4.98 Å². The van der Waals surface area contributed by atoms with Crippen LogP contribution in [0.5, 0.6) is 0 Å². The number of nitrogens with one attached hydrogen (secondary N) is 1. The van der Waals surface area contributed by atoms with Crippen LogP contribution in [0.3, 0.4) is 0 Å². The fourth-order valence-electron chi connectivity index (χ4n) is 2.96. The van der Waals surface area contributed by atoms with Gasteiger partial charge in [-0.25, -0.2) is 0 Å². The third-order valence-corrected chi connectivity index (χ3v) is 4.81. The van der Waals surface area contributed by atoms with Crippen molar-refractivity contribution in [3.8, 4) is 11.3 Å². The number of rotatable bonds is 5. The van der Waals surface area contributed by atoms with Gasteiger partial charge in [0.1, 0.15) is 0 Å². The SMILES string of the molecule is Cc1ccc(-c2[nH]c3c(Cl)ccc(Cl)c3c2CCCCN)cc1. The Morgan fingerprint density at radius 1 is 0.957 bits per heavy atom. The average Bonchev–Trinajstić information content (AvgIpc) is 2.93. The molecule has 1 aromatic heterocycles. The topological polar surface area (TPSA) is 41.8 Å². The van der Waals surface area contributed by atoms with Gasteiger partial charge in [0, 0.05) is 11.1 Å². The predicted octanol–water partition coefficient (Wildman–Crippen LogP) is 5.73. The molecule has 3 rings (SSSR count). The first-order valence-corrected chi connectivity index (χ1v) is 8.63. The number of benzene rings is 2. The Balaban J connectivity index is 2.19. The first kappa shape index (κ1) is 16.4. The zero-order valence-corrected chi connectivity index (χ0v) is 14.6. The van der Waals surface area contributed by atoms with Crippen LogP contribution >= 0.6 is 23.2 Å². The summed E-state index contributed by atoms with van der Waals surface area (Å²) in [7, 11) is 0. The Hall–Kier alpha value is -1.48. The van der Waals surface area contributed by atoms with E-state index in [-0.39, 0.29) is 0 Å². The summed E-state index contributed by atoms with van der Waals surface area (Å²) in [6.07, 6.45) is 2.96. The number of H-pyrrole nitrogens is 1. The molecule has 0 amide bonds. The Morgan fingerprint density at radius 2 is 1.65 bits per heavy atom. The van der Waals surface area contributed by atoms with Crippen LogP contribution in [0.2, 0.25) is 10.0 Å². The molecule has 0 fully saturated rings. The maximum Gasteiger partial charge on any atom is 0.0666 e. The fourth-order valence-corrected chi connectivity index (χ4v) is 3.43. The fraction of sp³-hybridized carbons (Fsp3) is 0.263. The number of unbranched alkanes of at least 4 members (excludes halogenated alkanes) is 1. The molecule has 0 aliphatic heterocycles. The van der Waals surface area contributed by atoms with Gasteiger partial charge in [-0.05, 0) is 56.0 Å². The summed E-state index contributed by atoms with van der Waals surface area (Å²) in [6.45, 7) is 2.79. The highest BCUT2D eigenvalue weighted by Gasteiger charge is 2.17. The molecular formula is C19H20Cl2N2. The third-order valence-electron chi connectivity index (χ3n) is 4.18. The maximum absolute atomic E-state index is 6.47. The molecule has 0 unspecified atom stereocenters. The number of fused-ring (bicyclic) bond motifs is 1. The molecule has 2 aromatic carbocycles. The largest absolute Gasteiger partial charge is 0.353 e. The summed E-state index contributed by atoms with van der Waals surface area (Å²) >= 11 is 12.8. The molecule has 4 heteroatoms. The minimum Gasteiger partial charge on any atom is -0.353 e. The van der Waals surface area contributed by atoms with Crippen LogP contribution in [0.4, 0.5) is 0 Å². The first-order chi connectivity index (χ1) is 11.1. The van der Waals surface area contributed by atoms with Gasteiger partial charge in [0.2, 0.25) is 0 Å². The lowest BCUT2D eigenvalue weighted by Gasteiger charge is -2.06. The van der Waals surface area contributed by atoms with Crippen molar-refractivity contribution in [1.29, 1.82) is 0 Å². The maximum atomic E-state index is 6.47. The minimum absolute atomic E-state index is 0.697. The van der Waals surface area contributed by atoms with E-state index in [0.29, 0.717) is 11.6 Å². The molecule has 1 heterocycles. The Labute approximate surface area is 146 Å². The van der Waals surface area contributed by atoms with Crippen LogP contribution < -0.4 is 5.73 Å². The van der Waals surface area contributed by atoms with E-state index >= 15 is 0 Å². The van der Waals surface area contributed by atoms with Gasteiger partial charge < -0.3 is 10.7 Å². The van der Waals surface area contributed by atoms with E-state index in [1.165, 1.54) is 11.1 Å². The second kappa shape index (κ2) is 6.96. The second-order valence-electron chi connectivity index (χ2n) is 5.87. The smallest absolute Gasteiger partial charge is 0.0666 e. The number of aryl methyl sites for hydroxylation is 2. The van der Waals surface area contributed by atoms with Gasteiger partial charge in [0.05, 0.1) is 15.6 Å². The van der Waals surface area contributed by atoms with E-state index in [0.717, 1.165) is 46.4 Å². The van der Waals surface area contributed by atoms with Crippen molar-refractivity contribution in [2.45, 2.75) is 26.2 Å². The van der Waals surface area contributed by atoms with Gasteiger partial charge in [-0.3, -0.25) is 0 Å². The monoisotopic (exact) mass is 346 g/mol. The van der Waals surface area contributed by atoms with Crippen molar-refractivity contribution in [2.24, 2.45) is 5.73 Å². The molecule has 0 atom stereocenters. The van der Waals surface area contributed by atoms with E-state index in [9.17, 15) is 0 Å². The molecule has 0 spiro atoms. The highest BCUT2D eigenvalue weighted by atomic mass is 35.5. The van der Waals surface area contributed by atoms with Gasteiger partial charge in [-0.1, -0.05) is 53.0 Å². The van der Waals surface area contributed by atoms with Crippen LogP contribution in [-0.2, 0) is 6.42 Å². The van der Waals surface area contributed by atoms with E-state index in [1.54, 1.807) is 0 Å². The van der Waals surface area contributed by atoms with Crippen LogP contribution in [0, 0.1) is 6.92 Å². The first-order valence-electron chi connectivity index (χ1n) is 7.87. The molecule has 0 radical (unpaired) electrons. The highest BCUT2D eigenvalue weighted by molar-refractivity contribution is 6.40. The van der Waals surface area contributed by atoms with Crippen molar-refractivity contribution >= 4 is 34.1 Å². The van der Waals surface area contributed by atoms with Gasteiger partial charge in [-0.15, -0.1) is 0 Å². The lowest BCUT2D eigenvalue weighted by Crippen LogP contribution is -1.99. The van der Waals surface area contributed by atoms with E-state index in [2.05, 4.69) is 36.2 Å². The summed E-state index contributed by atoms with van der Waals surface area (Å²) < 4.78 is 0. The summed E-state index contributed by atoms with van der Waals surface area (Å²) in [5.74, 6) is 0. The van der Waals surface area contributed by atoms with Crippen molar-refractivity contribution in [3.05, 3.63) is 57.6 Å². The predicted molar refractivity (Wildman–Crippen MR) is 100 cm³/mol. The number of hydrogen-bond donors (Lipinski definition) is 2. The standard InChI is InChI=1S/C19H20Cl2N2/c1-12-5-7-13(8-6-12)18-14(4-2-3-11-22)17-15(20)9-10-16(21)19(17)23-18/h5-10,23H,2-4,11,22H2,1H3. The van der Waals surface area contributed by atoms with Crippen LogP contribution in [-0.4, -0.2) is 11.5 Å². The molecule has 0 saturated heterocycles. The summed E-state index contributed by atoms with van der Waals surface area (Å²) in [5.41, 5.74) is 11.3. The molecule has 0 saturated carbocycles. The molecular weight excluding hydrogens is 327 g/mol. The molecule has 0 aliphatic rings. The zero-order valence-electron chi connectivity index (χ0n) is 13.1. The average molecular weight is 347 g/mol. The number of aromatic amines is 1. The van der Waals surface area contributed by atoms with Crippen LogP contribution in [0.15, 0.2) is 36.4 Å². The molecule has 23 heavy (non-hydrogen) atoms. The molecule has 2 nitrogen and oxygen atoms in total. The van der Waals surface area contributed by atoms with Crippen LogP contribution in [0.25, 0.3) is 22.2 Å². The van der Waals surface area contributed by atoms with Gasteiger partial charge >= 0.3 is 0 Å². The lowest BCUT2D eigenvalue weighted by atomic mass is 9.99. The van der Waals surface area contributed by atoms with E-state index in [4.69, 9.17) is 28.9 Å². The zero-order chi connectivity index (χ0) is 16.4. The Kier molecular flexibility index (Phi) is 4.96. The van der Waals surface area contributed by atoms with Crippen molar-refractivity contribution in [3.63, 3.8) is 0 Å². The Morgan fingerprint density at radius 3 is 2.35 bits per heavy atom. The van der Waals surface area contributed by atoms with Gasteiger partial charge in [0.25, 0.3) is 0 Å². The summed E-state index contributed by atoms with van der Waals surface area (Å²) in [6, 6.07) is 12.2. The van der Waals surface area contributed by atoms with E-state index < -0.39 is 0 Å². The molecule has 0 bridgehead atoms. The van der Waals surface area contributed by atoms with E-state index in [1.807, 2.05) is 12.1 Å². The minimum atomic E-state index is 0.697. The van der Waals surface area contributed by atoms with Crippen molar-refractivity contribution in [2.75, 3.05) is 6.54 Å².